The largest absolute Gasteiger partial charge is 0.493 e. The van der Waals surface area contributed by atoms with Crippen LogP contribution in [0.4, 0.5) is 0 Å². The number of rotatable bonds is 4. The van der Waals surface area contributed by atoms with E-state index in [-0.39, 0.29) is 5.97 Å². The van der Waals surface area contributed by atoms with E-state index in [0.717, 1.165) is 21.9 Å². The fourth-order valence-corrected chi connectivity index (χ4v) is 3.17. The predicted molar refractivity (Wildman–Crippen MR) is 106 cm³/mol. The molecule has 4 rings (SSSR count). The Morgan fingerprint density at radius 3 is 2.48 bits per heavy atom. The summed E-state index contributed by atoms with van der Waals surface area (Å²) in [6, 6.07) is 19.6. The van der Waals surface area contributed by atoms with E-state index < -0.39 is 0 Å². The highest BCUT2D eigenvalue weighted by molar-refractivity contribution is 6.05. The maximum atomic E-state index is 12.4. The normalized spacial score (nSPS) is 15.0. The van der Waals surface area contributed by atoms with Crippen LogP contribution in [0.2, 0.25) is 0 Å². The average molecular weight is 358 g/mol. The highest BCUT2D eigenvalue weighted by Gasteiger charge is 2.23. The number of benzene rings is 3. The third-order valence-corrected chi connectivity index (χ3v) is 4.50. The van der Waals surface area contributed by atoms with Gasteiger partial charge in [-0.2, -0.15) is 0 Å². The van der Waals surface area contributed by atoms with Crippen molar-refractivity contribution < 1.29 is 19.0 Å². The molecule has 0 atom stereocenters. The van der Waals surface area contributed by atoms with Crippen LogP contribution in [0.5, 0.6) is 11.5 Å². The number of hydrogen-bond acceptors (Lipinski definition) is 4. The van der Waals surface area contributed by atoms with Crippen LogP contribution in [0.15, 0.2) is 72.3 Å². The molecule has 0 aliphatic carbocycles. The smallest absolute Gasteiger partial charge is 0.343 e. The van der Waals surface area contributed by atoms with Gasteiger partial charge in [0.05, 0.1) is 19.8 Å². The summed E-state index contributed by atoms with van der Waals surface area (Å²) in [6.07, 6.45) is 3.50. The number of carbonyl (C=O) groups is 1. The lowest BCUT2D eigenvalue weighted by molar-refractivity contribution is -0.130. The lowest BCUT2D eigenvalue weighted by Gasteiger charge is -2.10. The van der Waals surface area contributed by atoms with E-state index in [9.17, 15) is 4.79 Å². The highest BCUT2D eigenvalue weighted by Crippen LogP contribution is 2.34. The minimum atomic E-state index is -0.386. The molecule has 1 aliphatic rings. The molecule has 0 unspecified atom stereocenters. The molecule has 0 N–H and O–H groups in total. The van der Waals surface area contributed by atoms with Gasteiger partial charge in [-0.1, -0.05) is 48.5 Å². The van der Waals surface area contributed by atoms with E-state index in [1.807, 2.05) is 54.6 Å². The van der Waals surface area contributed by atoms with Crippen molar-refractivity contribution in [1.82, 2.24) is 0 Å². The molecule has 27 heavy (non-hydrogen) atoms. The number of hydrogen-bond donors (Lipinski definition) is 0. The number of carbonyl (C=O) groups excluding carboxylic acids is 1. The number of cyclic esters (lactones) is 1. The van der Waals surface area contributed by atoms with E-state index in [1.54, 1.807) is 26.4 Å². The topological polar surface area (TPSA) is 44.8 Å². The summed E-state index contributed by atoms with van der Waals surface area (Å²) >= 11 is 0. The second kappa shape index (κ2) is 7.00. The summed E-state index contributed by atoms with van der Waals surface area (Å²) in [4.78, 5) is 12.4. The van der Waals surface area contributed by atoms with Crippen molar-refractivity contribution in [3.05, 3.63) is 83.4 Å². The van der Waals surface area contributed by atoms with Gasteiger partial charge in [-0.15, -0.1) is 0 Å². The minimum absolute atomic E-state index is 0.386. The van der Waals surface area contributed by atoms with Gasteiger partial charge in [-0.05, 0) is 35.1 Å². The Hall–Kier alpha value is -3.53. The maximum absolute atomic E-state index is 12.4. The van der Waals surface area contributed by atoms with Crippen LogP contribution in [0.1, 0.15) is 11.1 Å². The standard InChI is InChI=1S/C23H18O4/c1-25-20-9-5-8-18(22(20)26-2)13-19-14-21(27-23(19)24)17-11-10-15-6-3-4-7-16(15)12-17/h3-14H,1-2H3/b19-13-. The van der Waals surface area contributed by atoms with Gasteiger partial charge >= 0.3 is 5.97 Å². The van der Waals surface area contributed by atoms with Gasteiger partial charge < -0.3 is 14.2 Å². The van der Waals surface area contributed by atoms with Crippen LogP contribution in [-0.2, 0) is 9.53 Å². The quantitative estimate of drug-likeness (QED) is 0.495. The molecule has 1 aliphatic heterocycles. The SMILES string of the molecule is COc1cccc(/C=C2/C=C(c3ccc4ccccc4c3)OC2=O)c1OC. The molecule has 0 radical (unpaired) electrons. The van der Waals surface area contributed by atoms with Gasteiger partial charge in [0.2, 0.25) is 0 Å². The zero-order valence-corrected chi connectivity index (χ0v) is 15.1. The number of para-hydroxylation sites is 1. The maximum Gasteiger partial charge on any atom is 0.343 e. The van der Waals surface area contributed by atoms with E-state index in [2.05, 4.69) is 6.07 Å². The Morgan fingerprint density at radius 1 is 0.889 bits per heavy atom. The molecule has 3 aromatic rings. The van der Waals surface area contributed by atoms with Gasteiger partial charge in [-0.3, -0.25) is 0 Å². The Balaban J connectivity index is 1.73. The fraction of sp³-hybridized carbons (Fsp3) is 0.0870. The lowest BCUT2D eigenvalue weighted by atomic mass is 10.0. The van der Waals surface area contributed by atoms with Crippen LogP contribution in [-0.4, -0.2) is 20.2 Å². The number of ether oxygens (including phenoxy) is 3. The zero-order valence-electron chi connectivity index (χ0n) is 15.1. The molecule has 1 heterocycles. The first-order valence-electron chi connectivity index (χ1n) is 8.55. The molecule has 0 fully saturated rings. The monoisotopic (exact) mass is 358 g/mol. The summed E-state index contributed by atoms with van der Waals surface area (Å²) in [7, 11) is 3.15. The summed E-state index contributed by atoms with van der Waals surface area (Å²) in [5, 5.41) is 2.24. The zero-order chi connectivity index (χ0) is 18.8. The Labute approximate surface area is 157 Å². The number of fused-ring (bicyclic) bond motifs is 1. The minimum Gasteiger partial charge on any atom is -0.493 e. The first kappa shape index (κ1) is 16.9. The molecule has 0 amide bonds. The van der Waals surface area contributed by atoms with Gasteiger partial charge in [0, 0.05) is 11.1 Å². The molecule has 3 aromatic carbocycles. The summed E-state index contributed by atoms with van der Waals surface area (Å²) in [5.41, 5.74) is 2.08. The van der Waals surface area contributed by atoms with Gasteiger partial charge in [-0.25, -0.2) is 4.79 Å². The highest BCUT2D eigenvalue weighted by atomic mass is 16.5. The fourth-order valence-electron chi connectivity index (χ4n) is 3.17. The molecule has 0 saturated carbocycles. The Bertz CT molecular complexity index is 1090. The lowest BCUT2D eigenvalue weighted by Crippen LogP contribution is -1.98. The van der Waals surface area contributed by atoms with E-state index in [0.29, 0.717) is 22.8 Å². The average Bonchev–Trinajstić information content (AvgIpc) is 3.07. The van der Waals surface area contributed by atoms with Crippen molar-refractivity contribution in [1.29, 1.82) is 0 Å². The first-order valence-corrected chi connectivity index (χ1v) is 8.55. The molecule has 0 spiro atoms. The summed E-state index contributed by atoms with van der Waals surface area (Å²) < 4.78 is 16.2. The van der Waals surface area contributed by atoms with Crippen LogP contribution in [0.25, 0.3) is 22.6 Å². The molecule has 0 saturated heterocycles. The van der Waals surface area contributed by atoms with Crippen molar-refractivity contribution in [2.45, 2.75) is 0 Å². The van der Waals surface area contributed by atoms with E-state index in [4.69, 9.17) is 14.2 Å². The van der Waals surface area contributed by atoms with Crippen LogP contribution < -0.4 is 9.47 Å². The van der Waals surface area contributed by atoms with Crippen molar-refractivity contribution in [3.63, 3.8) is 0 Å². The third-order valence-electron chi connectivity index (χ3n) is 4.50. The van der Waals surface area contributed by atoms with Crippen LogP contribution in [0, 0.1) is 0 Å². The number of esters is 1. The molecule has 134 valence electrons. The summed E-state index contributed by atoms with van der Waals surface area (Å²) in [6.45, 7) is 0. The second-order valence-electron chi connectivity index (χ2n) is 6.14. The van der Waals surface area contributed by atoms with Crippen LogP contribution >= 0.6 is 0 Å². The first-order chi connectivity index (χ1) is 13.2. The van der Waals surface area contributed by atoms with E-state index in [1.165, 1.54) is 0 Å². The van der Waals surface area contributed by atoms with Gasteiger partial charge in [0.1, 0.15) is 5.76 Å². The molecular weight excluding hydrogens is 340 g/mol. The molecule has 4 nitrogen and oxygen atoms in total. The molecule has 0 aromatic heterocycles. The third kappa shape index (κ3) is 3.17. The number of methoxy groups -OCH3 is 2. The van der Waals surface area contributed by atoms with Crippen molar-refractivity contribution in [3.8, 4) is 11.5 Å². The molecule has 4 heteroatoms. The Kier molecular flexibility index (Phi) is 4.38. The second-order valence-corrected chi connectivity index (χ2v) is 6.14. The van der Waals surface area contributed by atoms with Gasteiger partial charge in [0.25, 0.3) is 0 Å². The van der Waals surface area contributed by atoms with Crippen molar-refractivity contribution in [2.75, 3.05) is 14.2 Å². The summed E-state index contributed by atoms with van der Waals surface area (Å²) in [5.74, 6) is 1.34. The van der Waals surface area contributed by atoms with Gasteiger partial charge in [0.15, 0.2) is 11.5 Å². The van der Waals surface area contributed by atoms with Crippen molar-refractivity contribution in [2.24, 2.45) is 0 Å². The molecule has 0 bridgehead atoms. The van der Waals surface area contributed by atoms with Crippen molar-refractivity contribution >= 4 is 28.6 Å². The Morgan fingerprint density at radius 2 is 1.70 bits per heavy atom. The molecular formula is C23H18O4. The predicted octanol–water partition coefficient (Wildman–Crippen LogP) is 4.84. The van der Waals surface area contributed by atoms with E-state index >= 15 is 0 Å². The van der Waals surface area contributed by atoms with Crippen LogP contribution in [0.3, 0.4) is 0 Å².